The van der Waals surface area contributed by atoms with Gasteiger partial charge in [0.25, 0.3) is 0 Å². The van der Waals surface area contributed by atoms with Gasteiger partial charge >= 0.3 is 0 Å². The fourth-order valence-electron chi connectivity index (χ4n) is 4.17. The highest BCUT2D eigenvalue weighted by Gasteiger charge is 2.32. The number of nitrogens with two attached hydrogens (primary N) is 1. The van der Waals surface area contributed by atoms with E-state index in [2.05, 4.69) is 22.3 Å². The molecular formula is C20H33Cl2N3OS. The molecule has 2 atom stereocenters. The zero-order chi connectivity index (χ0) is 17.5. The van der Waals surface area contributed by atoms with Crippen molar-refractivity contribution in [2.24, 2.45) is 11.7 Å². The first kappa shape index (κ1) is 24.6. The molecule has 2 aliphatic rings. The second-order valence-electron chi connectivity index (χ2n) is 7.21. The Kier molecular flexibility index (Phi) is 11.7. The number of hydrogen-bond donors (Lipinski definition) is 2. The number of nitrogens with zero attached hydrogens (tertiary/aromatic N) is 1. The molecule has 0 aromatic heterocycles. The Bertz CT molecular complexity index is 537. The number of hydrogen-bond acceptors (Lipinski definition) is 4. The summed E-state index contributed by atoms with van der Waals surface area (Å²) in [6.07, 6.45) is 6.24. The van der Waals surface area contributed by atoms with Crippen molar-refractivity contribution in [2.75, 3.05) is 31.1 Å². The van der Waals surface area contributed by atoms with Gasteiger partial charge < -0.3 is 11.1 Å². The smallest absolute Gasteiger partial charge is 0.242 e. The van der Waals surface area contributed by atoms with Crippen LogP contribution in [0.2, 0.25) is 0 Å². The van der Waals surface area contributed by atoms with Crippen LogP contribution >= 0.6 is 36.6 Å². The molecule has 3 N–H and O–H groups in total. The van der Waals surface area contributed by atoms with Crippen LogP contribution in [0.3, 0.4) is 0 Å². The number of carbonyl (C=O) groups is 1. The van der Waals surface area contributed by atoms with Gasteiger partial charge in [-0.25, -0.2) is 0 Å². The van der Waals surface area contributed by atoms with Crippen LogP contribution in [0.5, 0.6) is 0 Å². The summed E-state index contributed by atoms with van der Waals surface area (Å²) in [6, 6.07) is 10.1. The third-order valence-electron chi connectivity index (χ3n) is 5.57. The van der Waals surface area contributed by atoms with E-state index in [0.29, 0.717) is 12.5 Å². The quantitative estimate of drug-likeness (QED) is 0.718. The Morgan fingerprint density at radius 2 is 1.74 bits per heavy atom. The molecule has 27 heavy (non-hydrogen) atoms. The zero-order valence-corrected chi connectivity index (χ0v) is 18.3. The molecule has 2 unspecified atom stereocenters. The maximum absolute atomic E-state index is 13.2. The van der Waals surface area contributed by atoms with Gasteiger partial charge in [0.2, 0.25) is 5.91 Å². The molecule has 1 aromatic carbocycles. The topological polar surface area (TPSA) is 58.4 Å². The summed E-state index contributed by atoms with van der Waals surface area (Å²) in [5, 5.41) is 3.32. The summed E-state index contributed by atoms with van der Waals surface area (Å²) >= 11 is 1.97. The minimum absolute atomic E-state index is 0. The maximum atomic E-state index is 13.2. The molecule has 1 saturated carbocycles. The van der Waals surface area contributed by atoms with E-state index in [1.165, 1.54) is 32.1 Å². The number of nitrogens with one attached hydrogen (secondary N) is 1. The van der Waals surface area contributed by atoms with E-state index in [0.717, 1.165) is 30.2 Å². The van der Waals surface area contributed by atoms with Crippen molar-refractivity contribution >= 4 is 42.5 Å². The Morgan fingerprint density at radius 1 is 1.11 bits per heavy atom. The lowest BCUT2D eigenvalue weighted by atomic mass is 9.83. The lowest BCUT2D eigenvalue weighted by Crippen LogP contribution is -2.51. The first-order valence-corrected chi connectivity index (χ1v) is 10.8. The second-order valence-corrected chi connectivity index (χ2v) is 8.44. The van der Waals surface area contributed by atoms with Gasteiger partial charge in [0.1, 0.15) is 6.04 Å². The molecule has 0 bridgehead atoms. The van der Waals surface area contributed by atoms with E-state index < -0.39 is 0 Å². The molecule has 1 aliphatic carbocycles. The van der Waals surface area contributed by atoms with Crippen molar-refractivity contribution in [3.8, 4) is 0 Å². The van der Waals surface area contributed by atoms with Gasteiger partial charge in [0.15, 0.2) is 0 Å². The Labute approximate surface area is 180 Å². The number of benzene rings is 1. The number of rotatable bonds is 6. The van der Waals surface area contributed by atoms with Crippen LogP contribution in [0.25, 0.3) is 0 Å². The minimum Gasteiger partial charge on any atom is -0.350 e. The monoisotopic (exact) mass is 433 g/mol. The van der Waals surface area contributed by atoms with Crippen LogP contribution in [-0.4, -0.2) is 48.0 Å². The highest BCUT2D eigenvalue weighted by Crippen LogP contribution is 2.28. The van der Waals surface area contributed by atoms with Gasteiger partial charge in [-0.3, -0.25) is 9.69 Å². The van der Waals surface area contributed by atoms with E-state index in [9.17, 15) is 4.79 Å². The first-order valence-electron chi connectivity index (χ1n) is 9.67. The normalized spacial score (nSPS) is 20.6. The summed E-state index contributed by atoms with van der Waals surface area (Å²) in [4.78, 5) is 15.6. The van der Waals surface area contributed by atoms with Gasteiger partial charge in [-0.05, 0) is 24.3 Å². The van der Waals surface area contributed by atoms with Crippen LogP contribution in [0.1, 0.15) is 43.7 Å². The molecule has 1 saturated heterocycles. The zero-order valence-electron chi connectivity index (χ0n) is 15.8. The summed E-state index contributed by atoms with van der Waals surface area (Å²) in [5.41, 5.74) is 7.13. The second kappa shape index (κ2) is 12.9. The van der Waals surface area contributed by atoms with E-state index in [1.807, 2.05) is 30.0 Å². The molecule has 2 fully saturated rings. The summed E-state index contributed by atoms with van der Waals surface area (Å²) in [7, 11) is 0. The molecule has 0 spiro atoms. The third kappa shape index (κ3) is 6.82. The van der Waals surface area contributed by atoms with E-state index in [1.54, 1.807) is 0 Å². The Hall–Kier alpha value is -0.460. The fraction of sp³-hybridized carbons (Fsp3) is 0.650. The lowest BCUT2D eigenvalue weighted by Gasteiger charge is -2.36. The summed E-state index contributed by atoms with van der Waals surface area (Å²) in [6.45, 7) is 2.47. The van der Waals surface area contributed by atoms with E-state index in [-0.39, 0.29) is 42.8 Å². The first-order chi connectivity index (χ1) is 12.3. The molecule has 7 heteroatoms. The molecule has 1 heterocycles. The lowest BCUT2D eigenvalue weighted by molar-refractivity contribution is -0.127. The van der Waals surface area contributed by atoms with Crippen molar-refractivity contribution in [3.05, 3.63) is 35.9 Å². The third-order valence-corrected chi connectivity index (χ3v) is 6.52. The Morgan fingerprint density at radius 3 is 2.33 bits per heavy atom. The van der Waals surface area contributed by atoms with Crippen LogP contribution < -0.4 is 11.1 Å². The molecule has 3 rings (SSSR count). The van der Waals surface area contributed by atoms with Crippen LogP contribution in [0, 0.1) is 5.92 Å². The molecule has 1 amide bonds. The highest BCUT2D eigenvalue weighted by atomic mass is 35.5. The molecule has 4 nitrogen and oxygen atoms in total. The van der Waals surface area contributed by atoms with Crippen LogP contribution in [0.4, 0.5) is 0 Å². The number of halogens is 2. The van der Waals surface area contributed by atoms with Gasteiger partial charge in [-0.1, -0.05) is 49.6 Å². The van der Waals surface area contributed by atoms with Crippen molar-refractivity contribution in [2.45, 2.75) is 44.2 Å². The highest BCUT2D eigenvalue weighted by molar-refractivity contribution is 7.99. The van der Waals surface area contributed by atoms with Crippen molar-refractivity contribution in [1.82, 2.24) is 10.2 Å². The van der Waals surface area contributed by atoms with Crippen molar-refractivity contribution < 1.29 is 4.79 Å². The number of carbonyl (C=O) groups excluding carboxylic acids is 1. The summed E-state index contributed by atoms with van der Waals surface area (Å²) in [5.74, 6) is 2.86. The SMILES string of the molecule is Cl.Cl.NCC(NC(=O)C(c1ccccc1)N1CCSCC1)C1CCCCC1. The predicted molar refractivity (Wildman–Crippen MR) is 120 cm³/mol. The molecule has 154 valence electrons. The van der Waals surface area contributed by atoms with Crippen LogP contribution in [-0.2, 0) is 4.79 Å². The Balaban J connectivity index is 0.00000182. The molecule has 0 radical (unpaired) electrons. The largest absolute Gasteiger partial charge is 0.350 e. The fourth-order valence-corrected chi connectivity index (χ4v) is 5.10. The van der Waals surface area contributed by atoms with Crippen LogP contribution in [0.15, 0.2) is 30.3 Å². The molecule has 1 aromatic rings. The molecular weight excluding hydrogens is 401 g/mol. The van der Waals surface area contributed by atoms with Crippen molar-refractivity contribution in [3.63, 3.8) is 0 Å². The standard InChI is InChI=1S/C20H31N3OS.2ClH/c21-15-18(16-7-3-1-4-8-16)22-20(24)19(17-9-5-2-6-10-17)23-11-13-25-14-12-23;;/h2,5-6,9-10,16,18-19H,1,3-4,7-8,11-15,21H2,(H,22,24);2*1H. The summed E-state index contributed by atoms with van der Waals surface area (Å²) < 4.78 is 0. The minimum atomic E-state index is -0.195. The number of thioether (sulfide) groups is 1. The van der Waals surface area contributed by atoms with E-state index in [4.69, 9.17) is 5.73 Å². The van der Waals surface area contributed by atoms with Gasteiger partial charge in [0, 0.05) is 37.2 Å². The van der Waals surface area contributed by atoms with Gasteiger partial charge in [-0.2, -0.15) is 11.8 Å². The average Bonchev–Trinajstić information content (AvgIpc) is 2.69. The number of amides is 1. The van der Waals surface area contributed by atoms with Gasteiger partial charge in [-0.15, -0.1) is 24.8 Å². The molecule has 1 aliphatic heterocycles. The average molecular weight is 434 g/mol. The van der Waals surface area contributed by atoms with Gasteiger partial charge in [0.05, 0.1) is 0 Å². The van der Waals surface area contributed by atoms with E-state index >= 15 is 0 Å². The van der Waals surface area contributed by atoms with Crippen molar-refractivity contribution in [1.29, 1.82) is 0 Å². The maximum Gasteiger partial charge on any atom is 0.242 e. The predicted octanol–water partition coefficient (Wildman–Crippen LogP) is 3.64.